The van der Waals surface area contributed by atoms with Gasteiger partial charge in [0, 0.05) is 16.7 Å². The summed E-state index contributed by atoms with van der Waals surface area (Å²) in [6.07, 6.45) is 0. The quantitative estimate of drug-likeness (QED) is 0.152. The van der Waals surface area contributed by atoms with Crippen LogP contribution in [0, 0.1) is 0 Å². The number of fused-ring (bicyclic) bond motifs is 1. The zero-order valence-corrected chi connectivity index (χ0v) is 27.8. The third-order valence-corrected chi connectivity index (χ3v) is 9.35. The zero-order chi connectivity index (χ0) is 32.7. The number of nitrogen functional groups attached to an aromatic ring is 2. The number of hydrogen-bond acceptors (Lipinski definition) is 4. The highest BCUT2D eigenvalue weighted by Crippen LogP contribution is 2.43. The first kappa shape index (κ1) is 30.9. The Morgan fingerprint density at radius 2 is 0.979 bits per heavy atom. The standard InChI is InChI=1S/C39H26Cl4N4/c40-29-18-23(10-14-33(29)44)25-12-16-35(31(42)20-25)46-38-27-8-4-5-9-28(27)39(37(38)22-6-2-1-3-7-22)47-36-17-13-26(21-32(36)43)24-11-15-34(45)30(41)19-24/h1-21,46H,44-45H2. The molecule has 230 valence electrons. The average molecular weight is 692 g/mol. The lowest BCUT2D eigenvalue weighted by Crippen LogP contribution is -2.03. The Hall–Kier alpha value is -4.71. The molecule has 5 N–H and O–H groups in total. The van der Waals surface area contributed by atoms with E-state index in [0.717, 1.165) is 61.6 Å². The molecule has 7 rings (SSSR count). The van der Waals surface area contributed by atoms with Gasteiger partial charge in [-0.1, -0.05) is 125 Å². The topological polar surface area (TPSA) is 76.4 Å². The Morgan fingerprint density at radius 1 is 0.468 bits per heavy atom. The minimum absolute atomic E-state index is 0.493. The summed E-state index contributed by atoms with van der Waals surface area (Å²) in [4.78, 5) is 5.19. The number of nitrogens with one attached hydrogen (secondary N) is 1. The van der Waals surface area contributed by atoms with Crippen LogP contribution < -0.4 is 16.8 Å². The molecule has 0 unspecified atom stereocenters. The van der Waals surface area contributed by atoms with Crippen molar-refractivity contribution in [2.75, 3.05) is 16.8 Å². The maximum Gasteiger partial charge on any atom is 0.0824 e. The van der Waals surface area contributed by atoms with Crippen molar-refractivity contribution in [3.8, 4) is 22.3 Å². The lowest BCUT2D eigenvalue weighted by molar-refractivity contribution is 1.49. The number of allylic oxidation sites excluding steroid dienone is 1. The maximum atomic E-state index is 6.91. The fourth-order valence-electron chi connectivity index (χ4n) is 5.67. The van der Waals surface area contributed by atoms with E-state index in [0.29, 0.717) is 37.2 Å². The molecule has 0 saturated carbocycles. The summed E-state index contributed by atoms with van der Waals surface area (Å²) in [5.74, 6) is 0. The molecule has 0 saturated heterocycles. The van der Waals surface area contributed by atoms with Gasteiger partial charge in [-0.25, -0.2) is 4.99 Å². The van der Waals surface area contributed by atoms with Crippen LogP contribution in [0.2, 0.25) is 20.1 Å². The van der Waals surface area contributed by atoms with Crippen LogP contribution in [0.1, 0.15) is 16.7 Å². The lowest BCUT2D eigenvalue weighted by atomic mass is 10.0. The molecule has 0 aliphatic heterocycles. The summed E-state index contributed by atoms with van der Waals surface area (Å²) >= 11 is 26.4. The molecule has 1 aliphatic carbocycles. The third-order valence-electron chi connectivity index (χ3n) is 8.08. The van der Waals surface area contributed by atoms with Gasteiger partial charge in [0.15, 0.2) is 0 Å². The van der Waals surface area contributed by atoms with E-state index in [2.05, 4.69) is 29.6 Å². The highest BCUT2D eigenvalue weighted by molar-refractivity contribution is 6.44. The molecule has 6 aromatic rings. The van der Waals surface area contributed by atoms with E-state index in [1.807, 2.05) is 91.0 Å². The molecule has 1 aliphatic rings. The van der Waals surface area contributed by atoms with Gasteiger partial charge in [0.1, 0.15) is 0 Å². The number of nitrogens with two attached hydrogens (primary N) is 2. The molecule has 8 heteroatoms. The number of aliphatic imine (C=N–C) groups is 1. The van der Waals surface area contributed by atoms with Gasteiger partial charge >= 0.3 is 0 Å². The van der Waals surface area contributed by atoms with Gasteiger partial charge in [-0.05, 0) is 76.3 Å². The van der Waals surface area contributed by atoms with E-state index in [1.165, 1.54) is 0 Å². The second-order valence-electron chi connectivity index (χ2n) is 11.1. The summed E-state index contributed by atoms with van der Waals surface area (Å²) in [6, 6.07) is 41.1. The average Bonchev–Trinajstić information content (AvgIpc) is 3.38. The SMILES string of the molecule is Nc1ccc(-c2ccc(N=C3C(c4ccccc4)=C(Nc4ccc(-c5ccc(N)c(Cl)c5)cc4Cl)c4ccccc43)c(Cl)c2)cc1Cl. The number of rotatable bonds is 6. The first-order valence-electron chi connectivity index (χ1n) is 14.7. The first-order valence-corrected chi connectivity index (χ1v) is 16.2. The van der Waals surface area contributed by atoms with Gasteiger partial charge in [0.2, 0.25) is 0 Å². The van der Waals surface area contributed by atoms with Crippen molar-refractivity contribution >= 4 is 86.1 Å². The minimum Gasteiger partial charge on any atom is -0.398 e. The molecule has 0 spiro atoms. The zero-order valence-electron chi connectivity index (χ0n) is 24.7. The van der Waals surface area contributed by atoms with Gasteiger partial charge in [-0.15, -0.1) is 0 Å². The van der Waals surface area contributed by atoms with Crippen molar-refractivity contribution in [2.45, 2.75) is 0 Å². The largest absolute Gasteiger partial charge is 0.398 e. The maximum absolute atomic E-state index is 6.91. The normalized spacial score (nSPS) is 13.2. The van der Waals surface area contributed by atoms with Crippen LogP contribution in [-0.2, 0) is 0 Å². The summed E-state index contributed by atoms with van der Waals surface area (Å²) in [6.45, 7) is 0. The van der Waals surface area contributed by atoms with E-state index in [9.17, 15) is 0 Å². The van der Waals surface area contributed by atoms with Gasteiger partial charge < -0.3 is 16.8 Å². The van der Waals surface area contributed by atoms with Gasteiger partial charge in [-0.3, -0.25) is 0 Å². The van der Waals surface area contributed by atoms with Crippen LogP contribution in [0.3, 0.4) is 0 Å². The van der Waals surface area contributed by atoms with Crippen LogP contribution in [0.4, 0.5) is 22.7 Å². The molecular formula is C39H26Cl4N4. The highest BCUT2D eigenvalue weighted by atomic mass is 35.5. The van der Waals surface area contributed by atoms with Crippen LogP contribution in [0.25, 0.3) is 33.5 Å². The molecule has 0 amide bonds. The summed E-state index contributed by atoms with van der Waals surface area (Å²) in [5, 5.41) is 5.70. The van der Waals surface area contributed by atoms with Crippen molar-refractivity contribution in [1.29, 1.82) is 0 Å². The number of nitrogens with zero attached hydrogens (tertiary/aromatic N) is 1. The number of benzene rings is 6. The third kappa shape index (κ3) is 6.09. The minimum atomic E-state index is 0.493. The molecule has 0 aromatic heterocycles. The van der Waals surface area contributed by atoms with E-state index < -0.39 is 0 Å². The highest BCUT2D eigenvalue weighted by Gasteiger charge is 2.29. The van der Waals surface area contributed by atoms with Gasteiger partial charge in [0.25, 0.3) is 0 Å². The van der Waals surface area contributed by atoms with Crippen LogP contribution >= 0.6 is 46.4 Å². The predicted octanol–water partition coefficient (Wildman–Crippen LogP) is 11.9. The van der Waals surface area contributed by atoms with Gasteiger partial charge in [-0.2, -0.15) is 0 Å². The van der Waals surface area contributed by atoms with Crippen molar-refractivity contribution < 1.29 is 0 Å². The summed E-state index contributed by atoms with van der Waals surface area (Å²) < 4.78 is 0. The Kier molecular flexibility index (Phi) is 8.44. The van der Waals surface area contributed by atoms with Crippen LogP contribution in [-0.4, -0.2) is 5.71 Å². The van der Waals surface area contributed by atoms with Crippen molar-refractivity contribution in [3.05, 3.63) is 164 Å². The lowest BCUT2D eigenvalue weighted by Gasteiger charge is -2.15. The smallest absolute Gasteiger partial charge is 0.0824 e. The Balaban J connectivity index is 1.33. The second kappa shape index (κ2) is 12.8. The molecule has 0 atom stereocenters. The molecule has 6 aromatic carbocycles. The first-order chi connectivity index (χ1) is 22.8. The monoisotopic (exact) mass is 690 g/mol. The van der Waals surface area contributed by atoms with Crippen molar-refractivity contribution in [2.24, 2.45) is 4.99 Å². The predicted molar refractivity (Wildman–Crippen MR) is 202 cm³/mol. The Morgan fingerprint density at radius 3 is 1.55 bits per heavy atom. The van der Waals surface area contributed by atoms with Crippen LogP contribution in [0.5, 0.6) is 0 Å². The molecule has 4 nitrogen and oxygen atoms in total. The van der Waals surface area contributed by atoms with E-state index >= 15 is 0 Å². The number of hydrogen-bond donors (Lipinski definition) is 3. The molecule has 47 heavy (non-hydrogen) atoms. The fraction of sp³-hybridized carbons (Fsp3) is 0. The van der Waals surface area contributed by atoms with Gasteiger partial charge in [0.05, 0.1) is 54.2 Å². The molecule has 0 fully saturated rings. The Bertz CT molecular complexity index is 2240. The molecule has 0 radical (unpaired) electrons. The molecular weight excluding hydrogens is 666 g/mol. The Labute approximate surface area is 292 Å². The molecule has 0 heterocycles. The van der Waals surface area contributed by atoms with Crippen LogP contribution in [0.15, 0.2) is 132 Å². The summed E-state index contributed by atoms with van der Waals surface area (Å²) in [7, 11) is 0. The fourth-order valence-corrected chi connectivity index (χ4v) is 6.48. The van der Waals surface area contributed by atoms with E-state index in [4.69, 9.17) is 62.9 Å². The van der Waals surface area contributed by atoms with Crippen molar-refractivity contribution in [1.82, 2.24) is 0 Å². The summed E-state index contributed by atoms with van der Waals surface area (Å²) in [5.41, 5.74) is 23.5. The molecule has 0 bridgehead atoms. The van der Waals surface area contributed by atoms with E-state index in [1.54, 1.807) is 12.1 Å². The van der Waals surface area contributed by atoms with Crippen molar-refractivity contribution in [3.63, 3.8) is 0 Å². The number of anilines is 3. The number of halogens is 4. The van der Waals surface area contributed by atoms with E-state index in [-0.39, 0.29) is 0 Å². The second-order valence-corrected chi connectivity index (χ2v) is 12.7.